The van der Waals surface area contributed by atoms with Crippen LogP contribution in [0, 0.1) is 11.8 Å². The van der Waals surface area contributed by atoms with E-state index in [4.69, 9.17) is 14.6 Å². The third-order valence-corrected chi connectivity index (χ3v) is 6.10. The van der Waals surface area contributed by atoms with E-state index >= 15 is 0 Å². The number of fused-ring (bicyclic) bond motifs is 1. The van der Waals surface area contributed by atoms with Gasteiger partial charge in [-0.1, -0.05) is 25.0 Å². The number of aromatic carboxylic acids is 1. The number of nitrogens with zero attached hydrogens (tertiary/aromatic N) is 2. The first-order valence-corrected chi connectivity index (χ1v) is 10.5. The van der Waals surface area contributed by atoms with Crippen LogP contribution in [-0.4, -0.2) is 41.9 Å². The fourth-order valence-electron chi connectivity index (χ4n) is 4.55. The van der Waals surface area contributed by atoms with Crippen LogP contribution < -0.4 is 9.47 Å². The fraction of sp³-hybridized carbons (Fsp3) is 0.375. The highest BCUT2D eigenvalue weighted by atomic mass is 16.5. The number of amides is 1. The van der Waals surface area contributed by atoms with Crippen molar-refractivity contribution < 1.29 is 24.2 Å². The van der Waals surface area contributed by atoms with Crippen molar-refractivity contribution in [1.29, 1.82) is 0 Å². The lowest BCUT2D eigenvalue weighted by Gasteiger charge is -2.38. The summed E-state index contributed by atoms with van der Waals surface area (Å²) in [6.07, 6.45) is 3.85. The number of carbonyl (C=O) groups is 2. The van der Waals surface area contributed by atoms with E-state index in [0.717, 1.165) is 42.5 Å². The van der Waals surface area contributed by atoms with Crippen LogP contribution in [0.3, 0.4) is 0 Å². The Bertz CT molecular complexity index is 1030. The van der Waals surface area contributed by atoms with Crippen LogP contribution in [0.1, 0.15) is 47.2 Å². The summed E-state index contributed by atoms with van der Waals surface area (Å²) in [5.74, 6) is 0.232. The highest BCUT2D eigenvalue weighted by Crippen LogP contribution is 2.39. The molecule has 1 saturated carbocycles. The van der Waals surface area contributed by atoms with Crippen molar-refractivity contribution in [3.63, 3.8) is 0 Å². The smallest absolute Gasteiger partial charge is 0.335 e. The average Bonchev–Trinajstić information content (AvgIpc) is 2.80. The van der Waals surface area contributed by atoms with Crippen molar-refractivity contribution in [2.24, 2.45) is 16.9 Å². The molecule has 1 heterocycles. The number of carboxylic acid groups (broad SMARTS) is 1. The standard InChI is InChI=1S/C24H26N2O5/c1-30-20-11-10-16(13-21(20)31-2)22-18-8-3-4-9-19(18)23(27)26(25-22)14-15-6-5-7-17(12-15)24(28)29/h5-7,10-13,18-19H,3-4,8-9,14H2,1-2H3,(H,28,29)/t18-,19+/m1/s1. The first kappa shape index (κ1) is 20.9. The van der Waals surface area contributed by atoms with Gasteiger partial charge in [0.15, 0.2) is 11.5 Å². The number of carboxylic acids is 1. The molecular weight excluding hydrogens is 396 g/mol. The Kier molecular flexibility index (Phi) is 5.93. The van der Waals surface area contributed by atoms with Gasteiger partial charge < -0.3 is 14.6 Å². The Balaban J connectivity index is 1.73. The van der Waals surface area contributed by atoms with Gasteiger partial charge in [-0.2, -0.15) is 5.10 Å². The number of hydrazone groups is 1. The quantitative estimate of drug-likeness (QED) is 0.761. The van der Waals surface area contributed by atoms with E-state index in [-0.39, 0.29) is 29.9 Å². The molecular formula is C24H26N2O5. The number of ether oxygens (including phenoxy) is 2. The topological polar surface area (TPSA) is 88.4 Å². The first-order chi connectivity index (χ1) is 15.0. The molecule has 4 rings (SSSR count). The average molecular weight is 422 g/mol. The van der Waals surface area contributed by atoms with Crippen LogP contribution in [0.4, 0.5) is 0 Å². The van der Waals surface area contributed by atoms with Crippen LogP contribution in [0.5, 0.6) is 11.5 Å². The van der Waals surface area contributed by atoms with Gasteiger partial charge in [0.1, 0.15) is 0 Å². The van der Waals surface area contributed by atoms with Crippen LogP contribution >= 0.6 is 0 Å². The molecule has 1 aliphatic carbocycles. The number of methoxy groups -OCH3 is 2. The molecule has 0 radical (unpaired) electrons. The Labute approximate surface area is 181 Å². The summed E-state index contributed by atoms with van der Waals surface area (Å²) >= 11 is 0. The van der Waals surface area contributed by atoms with Gasteiger partial charge in [-0.25, -0.2) is 9.80 Å². The Morgan fingerprint density at radius 2 is 1.81 bits per heavy atom. The van der Waals surface area contributed by atoms with Gasteiger partial charge >= 0.3 is 5.97 Å². The molecule has 0 spiro atoms. The summed E-state index contributed by atoms with van der Waals surface area (Å²) in [5.41, 5.74) is 2.71. The molecule has 1 aliphatic heterocycles. The second-order valence-electron chi connectivity index (χ2n) is 7.95. The maximum absolute atomic E-state index is 13.2. The molecule has 162 valence electrons. The van der Waals surface area contributed by atoms with Gasteiger partial charge in [-0.15, -0.1) is 0 Å². The largest absolute Gasteiger partial charge is 0.493 e. The predicted octanol–water partition coefficient (Wildman–Crippen LogP) is 3.95. The minimum Gasteiger partial charge on any atom is -0.493 e. The molecule has 1 fully saturated rings. The van der Waals surface area contributed by atoms with E-state index in [1.807, 2.05) is 24.3 Å². The van der Waals surface area contributed by atoms with Gasteiger partial charge in [-0.3, -0.25) is 4.79 Å². The lowest BCUT2D eigenvalue weighted by molar-refractivity contribution is -0.139. The van der Waals surface area contributed by atoms with Gasteiger partial charge in [-0.05, 0) is 48.7 Å². The summed E-state index contributed by atoms with van der Waals surface area (Å²) < 4.78 is 10.8. The first-order valence-electron chi connectivity index (χ1n) is 10.5. The molecule has 2 aliphatic rings. The van der Waals surface area contributed by atoms with Crippen molar-refractivity contribution in [1.82, 2.24) is 5.01 Å². The molecule has 7 heteroatoms. The highest BCUT2D eigenvalue weighted by Gasteiger charge is 2.41. The third kappa shape index (κ3) is 4.13. The van der Waals surface area contributed by atoms with Crippen LogP contribution in [0.15, 0.2) is 47.6 Å². The summed E-state index contributed by atoms with van der Waals surface area (Å²) in [7, 11) is 3.19. The fourth-order valence-corrected chi connectivity index (χ4v) is 4.55. The monoisotopic (exact) mass is 422 g/mol. The molecule has 1 N–H and O–H groups in total. The van der Waals surface area contributed by atoms with Gasteiger partial charge in [0.2, 0.25) is 5.91 Å². The van der Waals surface area contributed by atoms with Crippen molar-refractivity contribution in [2.75, 3.05) is 14.2 Å². The van der Waals surface area contributed by atoms with E-state index in [0.29, 0.717) is 11.5 Å². The zero-order valence-electron chi connectivity index (χ0n) is 17.7. The minimum atomic E-state index is -0.992. The number of hydrogen-bond donors (Lipinski definition) is 1. The highest BCUT2D eigenvalue weighted by molar-refractivity contribution is 6.07. The third-order valence-electron chi connectivity index (χ3n) is 6.10. The molecule has 0 bridgehead atoms. The Hall–Kier alpha value is -3.35. The van der Waals surface area contributed by atoms with Crippen molar-refractivity contribution in [2.45, 2.75) is 32.2 Å². The zero-order valence-corrected chi connectivity index (χ0v) is 17.7. The van der Waals surface area contributed by atoms with Crippen molar-refractivity contribution in [3.05, 3.63) is 59.2 Å². The number of carbonyl (C=O) groups excluding carboxylic acids is 1. The van der Waals surface area contributed by atoms with E-state index in [9.17, 15) is 14.7 Å². The Morgan fingerprint density at radius 3 is 2.52 bits per heavy atom. The minimum absolute atomic E-state index is 0.00894. The summed E-state index contributed by atoms with van der Waals surface area (Å²) in [4.78, 5) is 24.6. The van der Waals surface area contributed by atoms with Gasteiger partial charge in [0.05, 0.1) is 32.0 Å². The maximum atomic E-state index is 13.2. The second kappa shape index (κ2) is 8.79. The molecule has 7 nitrogen and oxygen atoms in total. The van der Waals surface area contributed by atoms with E-state index in [1.165, 1.54) is 5.01 Å². The summed E-state index contributed by atoms with van der Waals surface area (Å²) in [6, 6.07) is 12.3. The van der Waals surface area contributed by atoms with Crippen LogP contribution in [0.25, 0.3) is 0 Å². The van der Waals surface area contributed by atoms with E-state index in [1.54, 1.807) is 32.4 Å². The van der Waals surface area contributed by atoms with E-state index < -0.39 is 5.97 Å². The molecule has 1 amide bonds. The predicted molar refractivity (Wildman–Crippen MR) is 115 cm³/mol. The molecule has 2 aromatic carbocycles. The molecule has 0 aromatic heterocycles. The van der Waals surface area contributed by atoms with Crippen LogP contribution in [-0.2, 0) is 11.3 Å². The number of benzene rings is 2. The normalized spacial score (nSPS) is 20.6. The molecule has 0 unspecified atom stereocenters. The number of rotatable bonds is 6. The summed E-state index contributed by atoms with van der Waals surface area (Å²) in [6.45, 7) is 0.236. The maximum Gasteiger partial charge on any atom is 0.335 e. The zero-order chi connectivity index (χ0) is 22.0. The van der Waals surface area contributed by atoms with Crippen molar-refractivity contribution >= 4 is 17.6 Å². The number of hydrogen-bond acceptors (Lipinski definition) is 5. The Morgan fingerprint density at radius 1 is 1.06 bits per heavy atom. The van der Waals surface area contributed by atoms with Crippen LogP contribution in [0.2, 0.25) is 0 Å². The SMILES string of the molecule is COc1ccc(C2=NN(Cc3cccc(C(=O)O)c3)C(=O)[C@H]3CCCC[C@@H]23)cc1OC. The van der Waals surface area contributed by atoms with Crippen molar-refractivity contribution in [3.8, 4) is 11.5 Å². The molecule has 31 heavy (non-hydrogen) atoms. The van der Waals surface area contributed by atoms with Gasteiger partial charge in [0.25, 0.3) is 0 Å². The lowest BCUT2D eigenvalue weighted by Crippen LogP contribution is -2.45. The molecule has 0 saturated heterocycles. The summed E-state index contributed by atoms with van der Waals surface area (Å²) in [5, 5.41) is 15.5. The molecule has 2 atom stereocenters. The van der Waals surface area contributed by atoms with E-state index in [2.05, 4.69) is 0 Å². The molecule has 2 aromatic rings. The van der Waals surface area contributed by atoms with Gasteiger partial charge in [0, 0.05) is 17.4 Å². The second-order valence-corrected chi connectivity index (χ2v) is 7.95. The lowest BCUT2D eigenvalue weighted by atomic mass is 9.73.